The van der Waals surface area contributed by atoms with Crippen LogP contribution in [0.4, 0.5) is 5.69 Å². The maximum absolute atomic E-state index is 6.00. The first-order valence-electron chi connectivity index (χ1n) is 5.42. The van der Waals surface area contributed by atoms with Crippen molar-refractivity contribution in [2.75, 3.05) is 12.4 Å². The summed E-state index contributed by atoms with van der Waals surface area (Å²) in [5, 5.41) is 3.37. The molecule has 18 heavy (non-hydrogen) atoms. The number of rotatable bonds is 4. The summed E-state index contributed by atoms with van der Waals surface area (Å²) in [6, 6.07) is 8.09. The van der Waals surface area contributed by atoms with Gasteiger partial charge in [-0.1, -0.05) is 11.6 Å². The van der Waals surface area contributed by atoms with E-state index in [0.29, 0.717) is 0 Å². The van der Waals surface area contributed by atoms with Crippen molar-refractivity contribution in [3.8, 4) is 5.75 Å². The first kappa shape index (κ1) is 13.7. The fourth-order valence-electron chi connectivity index (χ4n) is 1.66. The van der Waals surface area contributed by atoms with Crippen LogP contribution in [0, 0.1) is 6.92 Å². The van der Waals surface area contributed by atoms with E-state index in [2.05, 4.69) is 27.3 Å². The molecular weight excluding hydrogens is 334 g/mol. The Morgan fingerprint density at radius 2 is 2.17 bits per heavy atom. The van der Waals surface area contributed by atoms with Crippen molar-refractivity contribution in [2.45, 2.75) is 13.5 Å². The van der Waals surface area contributed by atoms with E-state index in [-0.39, 0.29) is 0 Å². The van der Waals surface area contributed by atoms with E-state index in [0.717, 1.165) is 32.4 Å². The monoisotopic (exact) mass is 345 g/mol. The van der Waals surface area contributed by atoms with Crippen molar-refractivity contribution >= 4 is 44.6 Å². The van der Waals surface area contributed by atoms with Gasteiger partial charge >= 0.3 is 0 Å². The fraction of sp³-hybridized carbons (Fsp3) is 0.231. The lowest BCUT2D eigenvalue weighted by molar-refractivity contribution is 0.412. The third-order valence-corrected chi connectivity index (χ3v) is 5.03. The first-order valence-corrected chi connectivity index (χ1v) is 7.41. The molecule has 0 aliphatic heterocycles. The van der Waals surface area contributed by atoms with E-state index >= 15 is 0 Å². The average Bonchev–Trinajstić information content (AvgIpc) is 2.66. The normalized spacial score (nSPS) is 10.4. The van der Waals surface area contributed by atoms with Crippen LogP contribution in [0.3, 0.4) is 0 Å². The Morgan fingerprint density at radius 1 is 1.39 bits per heavy atom. The molecule has 0 radical (unpaired) electrons. The third kappa shape index (κ3) is 3.19. The highest BCUT2D eigenvalue weighted by molar-refractivity contribution is 9.10. The van der Waals surface area contributed by atoms with Gasteiger partial charge in [-0.3, -0.25) is 0 Å². The molecular formula is C13H13BrClNOS. The van der Waals surface area contributed by atoms with Crippen molar-refractivity contribution < 1.29 is 4.74 Å². The Labute approximate surface area is 124 Å². The summed E-state index contributed by atoms with van der Waals surface area (Å²) < 4.78 is 6.98. The number of nitrogens with one attached hydrogen (secondary N) is 1. The van der Waals surface area contributed by atoms with Crippen molar-refractivity contribution in [1.82, 2.24) is 0 Å². The van der Waals surface area contributed by atoms with Gasteiger partial charge in [0.05, 0.1) is 7.11 Å². The van der Waals surface area contributed by atoms with Gasteiger partial charge in [0.2, 0.25) is 0 Å². The van der Waals surface area contributed by atoms with Gasteiger partial charge < -0.3 is 10.1 Å². The van der Waals surface area contributed by atoms with Gasteiger partial charge in [-0.05, 0) is 52.7 Å². The van der Waals surface area contributed by atoms with Gasteiger partial charge in [-0.15, -0.1) is 11.3 Å². The van der Waals surface area contributed by atoms with Crippen LogP contribution in [0.1, 0.15) is 10.4 Å². The van der Waals surface area contributed by atoms with Gasteiger partial charge in [0, 0.05) is 21.6 Å². The van der Waals surface area contributed by atoms with E-state index in [4.69, 9.17) is 16.3 Å². The second-order valence-corrected chi connectivity index (χ2v) is 6.47. The highest BCUT2D eigenvalue weighted by Crippen LogP contribution is 2.32. The molecule has 96 valence electrons. The summed E-state index contributed by atoms with van der Waals surface area (Å²) in [4.78, 5) is 1.19. The zero-order valence-corrected chi connectivity index (χ0v) is 13.2. The number of benzene rings is 1. The highest BCUT2D eigenvalue weighted by Gasteiger charge is 2.05. The second-order valence-electron chi connectivity index (χ2n) is 3.87. The molecule has 0 fully saturated rings. The SMILES string of the molecule is COc1ccc(NCc2cc(Br)c(Cl)s2)cc1C. The number of thiophene rings is 1. The molecule has 2 aromatic rings. The number of hydrogen-bond acceptors (Lipinski definition) is 3. The zero-order valence-electron chi connectivity index (χ0n) is 10.1. The summed E-state index contributed by atoms with van der Waals surface area (Å²) >= 11 is 11.0. The molecule has 1 heterocycles. The molecule has 0 aliphatic rings. The Balaban J connectivity index is 2.04. The molecule has 0 atom stereocenters. The first-order chi connectivity index (χ1) is 8.60. The minimum absolute atomic E-state index is 0.766. The van der Waals surface area contributed by atoms with Crippen LogP contribution in [0.25, 0.3) is 0 Å². The Bertz CT molecular complexity index is 536. The molecule has 1 aromatic heterocycles. The molecule has 5 heteroatoms. The molecule has 0 aliphatic carbocycles. The number of ether oxygens (including phenoxy) is 1. The number of halogens is 2. The smallest absolute Gasteiger partial charge is 0.121 e. The van der Waals surface area contributed by atoms with Gasteiger partial charge in [-0.25, -0.2) is 0 Å². The Morgan fingerprint density at radius 3 is 2.72 bits per heavy atom. The fourth-order valence-corrected chi connectivity index (χ4v) is 3.39. The molecule has 2 rings (SSSR count). The minimum Gasteiger partial charge on any atom is -0.496 e. The van der Waals surface area contributed by atoms with Crippen LogP contribution < -0.4 is 10.1 Å². The lowest BCUT2D eigenvalue weighted by Gasteiger charge is -2.09. The lowest BCUT2D eigenvalue weighted by Crippen LogP contribution is -1.98. The van der Waals surface area contributed by atoms with Crippen LogP contribution in [0.5, 0.6) is 5.75 Å². The van der Waals surface area contributed by atoms with Crippen LogP contribution in [0.2, 0.25) is 4.34 Å². The van der Waals surface area contributed by atoms with E-state index in [9.17, 15) is 0 Å². The number of aryl methyl sites for hydroxylation is 1. The Hall–Kier alpha value is -0.710. The maximum Gasteiger partial charge on any atom is 0.121 e. The van der Waals surface area contributed by atoms with Crippen LogP contribution in [-0.4, -0.2) is 7.11 Å². The third-order valence-electron chi connectivity index (χ3n) is 2.56. The largest absolute Gasteiger partial charge is 0.496 e. The van der Waals surface area contributed by atoms with Crippen molar-refractivity contribution in [3.05, 3.63) is 43.5 Å². The van der Waals surface area contributed by atoms with E-state index in [1.165, 1.54) is 4.88 Å². The van der Waals surface area contributed by atoms with E-state index in [1.54, 1.807) is 18.4 Å². The summed E-state index contributed by atoms with van der Waals surface area (Å²) in [5.74, 6) is 0.905. The van der Waals surface area contributed by atoms with Gasteiger partial charge in [0.1, 0.15) is 10.1 Å². The molecule has 1 N–H and O–H groups in total. The molecule has 2 nitrogen and oxygen atoms in total. The topological polar surface area (TPSA) is 21.3 Å². The zero-order chi connectivity index (χ0) is 13.1. The van der Waals surface area contributed by atoms with Crippen LogP contribution >= 0.6 is 38.9 Å². The van der Waals surface area contributed by atoms with Gasteiger partial charge in [0.25, 0.3) is 0 Å². The van der Waals surface area contributed by atoms with Crippen LogP contribution in [-0.2, 0) is 6.54 Å². The second kappa shape index (κ2) is 5.95. The summed E-state index contributed by atoms with van der Waals surface area (Å²) in [5.41, 5.74) is 2.20. The minimum atomic E-state index is 0.766. The standard InChI is InChI=1S/C13H13BrClNOS/c1-8-5-9(3-4-12(8)17-2)16-7-10-6-11(14)13(15)18-10/h3-6,16H,7H2,1-2H3. The van der Waals surface area contributed by atoms with E-state index < -0.39 is 0 Å². The summed E-state index contributed by atoms with van der Waals surface area (Å²) in [6.07, 6.45) is 0. The quantitative estimate of drug-likeness (QED) is 0.832. The average molecular weight is 347 g/mol. The molecule has 0 amide bonds. The number of methoxy groups -OCH3 is 1. The van der Waals surface area contributed by atoms with Gasteiger partial charge in [0.15, 0.2) is 0 Å². The Kier molecular flexibility index (Phi) is 4.54. The molecule has 0 saturated carbocycles. The highest BCUT2D eigenvalue weighted by atomic mass is 79.9. The number of hydrogen-bond donors (Lipinski definition) is 1. The summed E-state index contributed by atoms with van der Waals surface area (Å²) in [7, 11) is 1.68. The van der Waals surface area contributed by atoms with Gasteiger partial charge in [-0.2, -0.15) is 0 Å². The van der Waals surface area contributed by atoms with E-state index in [1.807, 2.05) is 25.1 Å². The van der Waals surface area contributed by atoms with Crippen molar-refractivity contribution in [3.63, 3.8) is 0 Å². The molecule has 1 aromatic carbocycles. The number of anilines is 1. The molecule has 0 saturated heterocycles. The maximum atomic E-state index is 6.00. The summed E-state index contributed by atoms with van der Waals surface area (Å²) in [6.45, 7) is 2.80. The van der Waals surface area contributed by atoms with Crippen molar-refractivity contribution in [1.29, 1.82) is 0 Å². The van der Waals surface area contributed by atoms with Crippen LogP contribution in [0.15, 0.2) is 28.7 Å². The van der Waals surface area contributed by atoms with Crippen molar-refractivity contribution in [2.24, 2.45) is 0 Å². The predicted octanol–water partition coefficient (Wildman–Crippen LogP) is 5.09. The molecule has 0 bridgehead atoms. The lowest BCUT2D eigenvalue weighted by atomic mass is 10.2. The molecule has 0 unspecified atom stereocenters. The molecule has 0 spiro atoms. The predicted molar refractivity (Wildman–Crippen MR) is 82.1 cm³/mol.